The van der Waals surface area contributed by atoms with E-state index in [0.29, 0.717) is 6.42 Å². The Kier molecular flexibility index (Phi) is 6.87. The number of Topliss-reactive ketones (excluding diaryl/α,β-unsaturated/α-hetero) is 1. The van der Waals surface area contributed by atoms with Crippen molar-refractivity contribution in [3.05, 3.63) is 0 Å². The van der Waals surface area contributed by atoms with Crippen LogP contribution in [0.3, 0.4) is 0 Å². The normalized spacial score (nSPS) is 15.4. The summed E-state index contributed by atoms with van der Waals surface area (Å²) in [6, 6.07) is 0. The van der Waals surface area contributed by atoms with E-state index in [1.807, 2.05) is 0 Å². The van der Waals surface area contributed by atoms with Crippen molar-refractivity contribution in [2.45, 2.75) is 59.0 Å². The first kappa shape index (κ1) is 12.6. The fraction of sp³-hybridized carbons (Fsp3) is 0.909. The number of hydrogen-bond donors (Lipinski definition) is 1. The van der Waals surface area contributed by atoms with E-state index in [1.165, 1.54) is 19.8 Å². The van der Waals surface area contributed by atoms with Gasteiger partial charge in [0.05, 0.1) is 0 Å². The lowest BCUT2D eigenvalue weighted by Gasteiger charge is -2.09. The van der Waals surface area contributed by atoms with E-state index in [0.717, 1.165) is 18.8 Å². The molecule has 0 heterocycles. The molecule has 0 spiro atoms. The van der Waals surface area contributed by atoms with Crippen LogP contribution >= 0.6 is 0 Å². The summed E-state index contributed by atoms with van der Waals surface area (Å²) in [5, 5.41) is 9.20. The van der Waals surface area contributed by atoms with Crippen LogP contribution in [0.15, 0.2) is 0 Å². The molecule has 1 N–H and O–H groups in total. The van der Waals surface area contributed by atoms with Crippen molar-refractivity contribution in [2.75, 3.05) is 0 Å². The predicted molar refractivity (Wildman–Crippen MR) is 54.6 cm³/mol. The highest BCUT2D eigenvalue weighted by atomic mass is 16.3. The van der Waals surface area contributed by atoms with Crippen LogP contribution in [0.1, 0.15) is 52.9 Å². The van der Waals surface area contributed by atoms with Gasteiger partial charge in [0.2, 0.25) is 0 Å². The van der Waals surface area contributed by atoms with Crippen LogP contribution in [0.25, 0.3) is 0 Å². The first-order valence-electron chi connectivity index (χ1n) is 5.26. The molecule has 0 aliphatic rings. The molecule has 0 fully saturated rings. The molecule has 0 radical (unpaired) electrons. The number of unbranched alkanes of at least 4 members (excludes halogenated alkanes) is 1. The monoisotopic (exact) mass is 186 g/mol. The second-order valence-corrected chi connectivity index (χ2v) is 3.92. The molecular formula is C11H22O2. The highest BCUT2D eigenvalue weighted by Gasteiger charge is 2.08. The van der Waals surface area contributed by atoms with Gasteiger partial charge in [0.15, 0.2) is 5.78 Å². The van der Waals surface area contributed by atoms with Crippen molar-refractivity contribution in [3.63, 3.8) is 0 Å². The molecule has 78 valence electrons. The van der Waals surface area contributed by atoms with E-state index in [2.05, 4.69) is 13.8 Å². The van der Waals surface area contributed by atoms with E-state index in [1.54, 1.807) is 0 Å². The Morgan fingerprint density at radius 3 is 2.31 bits per heavy atom. The van der Waals surface area contributed by atoms with E-state index < -0.39 is 6.10 Å². The maximum atomic E-state index is 10.7. The number of hydrogen-bond acceptors (Lipinski definition) is 2. The summed E-state index contributed by atoms with van der Waals surface area (Å²) in [5.74, 6) is 0.665. The minimum Gasteiger partial charge on any atom is -0.385 e. The summed E-state index contributed by atoms with van der Waals surface area (Å²) in [6.45, 7) is 5.87. The maximum Gasteiger partial charge on any atom is 0.158 e. The van der Waals surface area contributed by atoms with Crippen molar-refractivity contribution in [1.82, 2.24) is 0 Å². The van der Waals surface area contributed by atoms with Gasteiger partial charge in [0.25, 0.3) is 0 Å². The largest absolute Gasteiger partial charge is 0.385 e. The van der Waals surface area contributed by atoms with Gasteiger partial charge in [0.1, 0.15) is 6.10 Å². The van der Waals surface area contributed by atoms with Crippen LogP contribution in [0, 0.1) is 5.92 Å². The van der Waals surface area contributed by atoms with Gasteiger partial charge in [-0.25, -0.2) is 0 Å². The van der Waals surface area contributed by atoms with Gasteiger partial charge in [0, 0.05) is 0 Å². The number of aliphatic hydroxyl groups excluding tert-OH is 1. The third-order valence-corrected chi connectivity index (χ3v) is 2.59. The van der Waals surface area contributed by atoms with Crippen molar-refractivity contribution in [3.8, 4) is 0 Å². The zero-order valence-corrected chi connectivity index (χ0v) is 9.05. The third-order valence-electron chi connectivity index (χ3n) is 2.59. The number of ketones is 1. The number of aliphatic hydroxyl groups is 1. The molecule has 0 aromatic rings. The molecule has 2 nitrogen and oxygen atoms in total. The minimum absolute atomic E-state index is 0.108. The van der Waals surface area contributed by atoms with Crippen molar-refractivity contribution >= 4 is 5.78 Å². The zero-order chi connectivity index (χ0) is 10.3. The Morgan fingerprint density at radius 2 is 1.85 bits per heavy atom. The molecule has 2 unspecified atom stereocenters. The van der Waals surface area contributed by atoms with Gasteiger partial charge in [-0.15, -0.1) is 0 Å². The smallest absolute Gasteiger partial charge is 0.158 e. The Bertz CT molecular complexity index is 143. The predicted octanol–water partition coefficient (Wildman–Crippen LogP) is 2.54. The fourth-order valence-electron chi connectivity index (χ4n) is 1.24. The van der Waals surface area contributed by atoms with Gasteiger partial charge in [-0.2, -0.15) is 0 Å². The first-order chi connectivity index (χ1) is 6.07. The molecule has 0 aliphatic carbocycles. The molecule has 0 saturated heterocycles. The summed E-state index contributed by atoms with van der Waals surface area (Å²) in [6.07, 6.45) is 4.42. The second-order valence-electron chi connectivity index (χ2n) is 3.92. The lowest BCUT2D eigenvalue weighted by atomic mass is 9.99. The van der Waals surface area contributed by atoms with E-state index >= 15 is 0 Å². The summed E-state index contributed by atoms with van der Waals surface area (Å²) in [5.41, 5.74) is 0. The molecule has 0 aromatic heterocycles. The quantitative estimate of drug-likeness (QED) is 0.620. The zero-order valence-electron chi connectivity index (χ0n) is 9.05. The van der Waals surface area contributed by atoms with Crippen LogP contribution < -0.4 is 0 Å². The van der Waals surface area contributed by atoms with Crippen LogP contribution in [0.5, 0.6) is 0 Å². The lowest BCUT2D eigenvalue weighted by molar-refractivity contribution is -0.125. The number of carbonyl (C=O) groups excluding carboxylic acids is 1. The lowest BCUT2D eigenvalue weighted by Crippen LogP contribution is -2.16. The number of carbonyl (C=O) groups is 1. The van der Waals surface area contributed by atoms with Gasteiger partial charge >= 0.3 is 0 Å². The summed E-state index contributed by atoms with van der Waals surface area (Å²) in [7, 11) is 0. The minimum atomic E-state index is -0.725. The average Bonchev–Trinajstić information content (AvgIpc) is 2.11. The molecule has 2 heteroatoms. The van der Waals surface area contributed by atoms with Crippen LogP contribution in [-0.2, 0) is 4.79 Å². The molecule has 0 amide bonds. The van der Waals surface area contributed by atoms with Gasteiger partial charge in [-0.1, -0.05) is 39.5 Å². The topological polar surface area (TPSA) is 37.3 Å². The highest BCUT2D eigenvalue weighted by Crippen LogP contribution is 2.13. The molecule has 0 aliphatic heterocycles. The molecule has 0 saturated carbocycles. The first-order valence-corrected chi connectivity index (χ1v) is 5.26. The third kappa shape index (κ3) is 6.76. The van der Waals surface area contributed by atoms with Crippen LogP contribution in [-0.4, -0.2) is 17.0 Å². The number of rotatable bonds is 7. The van der Waals surface area contributed by atoms with E-state index in [-0.39, 0.29) is 5.78 Å². The maximum absolute atomic E-state index is 10.7. The van der Waals surface area contributed by atoms with Crippen LogP contribution in [0.4, 0.5) is 0 Å². The molecule has 2 atom stereocenters. The van der Waals surface area contributed by atoms with Crippen molar-refractivity contribution in [2.24, 2.45) is 5.92 Å². The molecule has 0 aromatic carbocycles. The summed E-state index contributed by atoms with van der Waals surface area (Å²) >= 11 is 0. The summed E-state index contributed by atoms with van der Waals surface area (Å²) < 4.78 is 0. The van der Waals surface area contributed by atoms with Gasteiger partial charge in [-0.3, -0.25) is 4.79 Å². The molecule has 13 heavy (non-hydrogen) atoms. The Labute approximate surface area is 81.3 Å². The summed E-state index contributed by atoms with van der Waals surface area (Å²) in [4.78, 5) is 10.7. The standard InChI is InChI=1S/C11H22O2/c1-4-9(2)7-5-6-8-11(13)10(3)12/h9,11,13H,4-8H2,1-3H3. The van der Waals surface area contributed by atoms with E-state index in [9.17, 15) is 9.90 Å². The molecular weight excluding hydrogens is 164 g/mol. The SMILES string of the molecule is CCC(C)CCCCC(O)C(C)=O. The fourth-order valence-corrected chi connectivity index (χ4v) is 1.24. The highest BCUT2D eigenvalue weighted by molar-refractivity contribution is 5.79. The van der Waals surface area contributed by atoms with Crippen LogP contribution in [0.2, 0.25) is 0 Å². The van der Waals surface area contributed by atoms with E-state index in [4.69, 9.17) is 0 Å². The van der Waals surface area contributed by atoms with Crippen molar-refractivity contribution in [1.29, 1.82) is 0 Å². The van der Waals surface area contributed by atoms with Gasteiger partial charge < -0.3 is 5.11 Å². The second kappa shape index (κ2) is 7.07. The molecule has 0 rings (SSSR count). The van der Waals surface area contributed by atoms with Gasteiger partial charge in [-0.05, 0) is 19.3 Å². The Hall–Kier alpha value is -0.370. The Balaban J connectivity index is 3.30. The Morgan fingerprint density at radius 1 is 1.31 bits per heavy atom. The average molecular weight is 186 g/mol. The molecule has 0 bridgehead atoms. The van der Waals surface area contributed by atoms with Crippen molar-refractivity contribution < 1.29 is 9.90 Å².